The summed E-state index contributed by atoms with van der Waals surface area (Å²) in [7, 11) is 0. The van der Waals surface area contributed by atoms with Gasteiger partial charge in [-0.25, -0.2) is 13.8 Å². The van der Waals surface area contributed by atoms with Gasteiger partial charge in [-0.2, -0.15) is 0 Å². The van der Waals surface area contributed by atoms with E-state index in [-0.39, 0.29) is 15.9 Å². The minimum atomic E-state index is -2.56. The standard InChI is InChI=1S/C6H4BrF2IN2/c7-5-4(11)3(6(8)9)2(10)1-12-5/h1,6H,11H2. The van der Waals surface area contributed by atoms with Crippen LogP contribution in [0.2, 0.25) is 0 Å². The molecule has 0 aliphatic rings. The number of hydrogen-bond donors (Lipinski definition) is 1. The van der Waals surface area contributed by atoms with Gasteiger partial charge < -0.3 is 5.73 Å². The Morgan fingerprint density at radius 3 is 2.58 bits per heavy atom. The molecule has 0 aromatic carbocycles. The van der Waals surface area contributed by atoms with Crippen molar-refractivity contribution in [1.29, 1.82) is 0 Å². The van der Waals surface area contributed by atoms with Crippen molar-refractivity contribution in [2.75, 3.05) is 5.73 Å². The number of hydrogen-bond acceptors (Lipinski definition) is 2. The molecule has 1 aromatic heterocycles. The number of nitrogens with two attached hydrogens (primary N) is 1. The maximum absolute atomic E-state index is 12.3. The summed E-state index contributed by atoms with van der Waals surface area (Å²) in [5, 5.41) is 0. The fraction of sp³-hybridized carbons (Fsp3) is 0.167. The second-order valence-corrected chi connectivity index (χ2v) is 3.94. The van der Waals surface area contributed by atoms with Gasteiger partial charge in [0.1, 0.15) is 4.60 Å². The number of rotatable bonds is 1. The van der Waals surface area contributed by atoms with E-state index in [2.05, 4.69) is 20.9 Å². The van der Waals surface area contributed by atoms with E-state index in [1.54, 1.807) is 22.6 Å². The van der Waals surface area contributed by atoms with Crippen LogP contribution in [0.3, 0.4) is 0 Å². The molecular weight excluding hydrogens is 345 g/mol. The third-order valence-corrected chi connectivity index (χ3v) is 2.77. The monoisotopic (exact) mass is 348 g/mol. The van der Waals surface area contributed by atoms with E-state index < -0.39 is 6.43 Å². The third kappa shape index (κ3) is 1.85. The predicted octanol–water partition coefficient (Wildman–Crippen LogP) is 2.97. The second kappa shape index (κ2) is 3.82. The number of alkyl halides is 2. The molecule has 0 saturated heterocycles. The molecule has 12 heavy (non-hydrogen) atoms. The van der Waals surface area contributed by atoms with E-state index in [9.17, 15) is 8.78 Å². The smallest absolute Gasteiger partial charge is 0.267 e. The lowest BCUT2D eigenvalue weighted by atomic mass is 10.2. The summed E-state index contributed by atoms with van der Waals surface area (Å²) in [5.41, 5.74) is 5.25. The molecule has 0 aliphatic heterocycles. The highest BCUT2D eigenvalue weighted by atomic mass is 127. The van der Waals surface area contributed by atoms with E-state index >= 15 is 0 Å². The van der Waals surface area contributed by atoms with Crippen LogP contribution in [0.4, 0.5) is 14.5 Å². The Morgan fingerprint density at radius 2 is 2.17 bits per heavy atom. The molecule has 1 rings (SSSR count). The van der Waals surface area contributed by atoms with Crippen LogP contribution in [0, 0.1) is 3.57 Å². The molecule has 0 amide bonds. The van der Waals surface area contributed by atoms with Gasteiger partial charge in [-0.1, -0.05) is 0 Å². The van der Waals surface area contributed by atoms with Crippen LogP contribution in [-0.4, -0.2) is 4.98 Å². The van der Waals surface area contributed by atoms with Crippen LogP contribution < -0.4 is 5.73 Å². The van der Waals surface area contributed by atoms with Gasteiger partial charge in [0.2, 0.25) is 0 Å². The maximum Gasteiger partial charge on any atom is 0.267 e. The maximum atomic E-state index is 12.3. The molecule has 6 heteroatoms. The minimum Gasteiger partial charge on any atom is -0.396 e. The van der Waals surface area contributed by atoms with E-state index in [0.29, 0.717) is 3.57 Å². The Bertz CT molecular complexity index is 306. The molecule has 1 aromatic rings. The topological polar surface area (TPSA) is 38.9 Å². The largest absolute Gasteiger partial charge is 0.396 e. The molecule has 66 valence electrons. The SMILES string of the molecule is Nc1c(Br)ncc(I)c1C(F)F. The molecule has 0 atom stereocenters. The zero-order chi connectivity index (χ0) is 9.30. The van der Waals surface area contributed by atoms with Gasteiger partial charge in [0, 0.05) is 9.77 Å². The van der Waals surface area contributed by atoms with Gasteiger partial charge >= 0.3 is 0 Å². The summed E-state index contributed by atoms with van der Waals surface area (Å²) in [6, 6.07) is 0. The zero-order valence-corrected chi connectivity index (χ0v) is 9.43. The van der Waals surface area contributed by atoms with Gasteiger partial charge in [-0.15, -0.1) is 0 Å². The Labute approximate surface area is 89.8 Å². The van der Waals surface area contributed by atoms with Crippen molar-refractivity contribution < 1.29 is 8.78 Å². The fourth-order valence-corrected chi connectivity index (χ4v) is 1.70. The Hall–Kier alpha value is 0.0200. The molecule has 1 heterocycles. The normalized spacial score (nSPS) is 10.8. The lowest BCUT2D eigenvalue weighted by Crippen LogP contribution is -2.00. The van der Waals surface area contributed by atoms with Crippen LogP contribution >= 0.6 is 38.5 Å². The summed E-state index contributed by atoms with van der Waals surface area (Å²) in [5.74, 6) is 0. The fourth-order valence-electron chi connectivity index (χ4n) is 0.714. The van der Waals surface area contributed by atoms with Crippen LogP contribution in [0.5, 0.6) is 0 Å². The number of aromatic nitrogens is 1. The number of pyridine rings is 1. The van der Waals surface area contributed by atoms with Gasteiger partial charge in [-0.3, -0.25) is 0 Å². The van der Waals surface area contributed by atoms with Gasteiger partial charge in [0.05, 0.1) is 11.3 Å². The van der Waals surface area contributed by atoms with E-state index in [0.717, 1.165) is 0 Å². The molecule has 0 aliphatic carbocycles. The molecule has 0 bridgehead atoms. The van der Waals surface area contributed by atoms with Crippen LogP contribution in [0.1, 0.15) is 12.0 Å². The van der Waals surface area contributed by atoms with Crippen LogP contribution in [0.25, 0.3) is 0 Å². The highest BCUT2D eigenvalue weighted by Gasteiger charge is 2.17. The molecular formula is C6H4BrF2IN2. The Balaban J connectivity index is 3.33. The van der Waals surface area contributed by atoms with E-state index in [1.165, 1.54) is 6.20 Å². The first-order valence-electron chi connectivity index (χ1n) is 2.91. The molecule has 0 spiro atoms. The lowest BCUT2D eigenvalue weighted by Gasteiger charge is -2.07. The average Bonchev–Trinajstić information content (AvgIpc) is 1.97. The van der Waals surface area contributed by atoms with Crippen molar-refractivity contribution in [3.8, 4) is 0 Å². The number of nitrogen functional groups attached to an aromatic ring is 1. The third-order valence-electron chi connectivity index (χ3n) is 1.28. The van der Waals surface area contributed by atoms with Gasteiger partial charge in [0.15, 0.2) is 0 Å². The van der Waals surface area contributed by atoms with Crippen molar-refractivity contribution in [1.82, 2.24) is 4.98 Å². The average molecular weight is 349 g/mol. The zero-order valence-electron chi connectivity index (χ0n) is 5.69. The van der Waals surface area contributed by atoms with E-state index in [1.807, 2.05) is 0 Å². The first kappa shape index (κ1) is 10.1. The second-order valence-electron chi connectivity index (χ2n) is 2.02. The van der Waals surface area contributed by atoms with Crippen molar-refractivity contribution in [2.24, 2.45) is 0 Å². The number of anilines is 1. The first-order chi connectivity index (χ1) is 5.54. The quantitative estimate of drug-likeness (QED) is 0.626. The number of halogens is 4. The minimum absolute atomic E-state index is 0.0110. The summed E-state index contributed by atoms with van der Waals surface area (Å²) < 4.78 is 25.3. The van der Waals surface area contributed by atoms with Crippen molar-refractivity contribution in [3.63, 3.8) is 0 Å². The molecule has 2 nitrogen and oxygen atoms in total. The lowest BCUT2D eigenvalue weighted by molar-refractivity contribution is 0.151. The highest BCUT2D eigenvalue weighted by Crippen LogP contribution is 2.32. The summed E-state index contributed by atoms with van der Waals surface area (Å²) in [6.07, 6.45) is -1.21. The molecule has 0 unspecified atom stereocenters. The first-order valence-corrected chi connectivity index (χ1v) is 4.78. The number of nitrogens with zero attached hydrogens (tertiary/aromatic N) is 1. The highest BCUT2D eigenvalue weighted by molar-refractivity contribution is 14.1. The Morgan fingerprint density at radius 1 is 1.58 bits per heavy atom. The Kier molecular flexibility index (Phi) is 3.22. The van der Waals surface area contributed by atoms with Gasteiger partial charge in [0.25, 0.3) is 6.43 Å². The van der Waals surface area contributed by atoms with Crippen LogP contribution in [-0.2, 0) is 0 Å². The summed E-state index contributed by atoms with van der Waals surface area (Å²) >= 11 is 4.75. The summed E-state index contributed by atoms with van der Waals surface area (Å²) in [6.45, 7) is 0. The van der Waals surface area contributed by atoms with Gasteiger partial charge in [-0.05, 0) is 38.5 Å². The van der Waals surface area contributed by atoms with Crippen molar-refractivity contribution in [3.05, 3.63) is 19.9 Å². The molecule has 0 saturated carbocycles. The summed E-state index contributed by atoms with van der Waals surface area (Å²) in [4.78, 5) is 3.77. The molecule has 2 N–H and O–H groups in total. The predicted molar refractivity (Wildman–Crippen MR) is 54.0 cm³/mol. The van der Waals surface area contributed by atoms with E-state index in [4.69, 9.17) is 5.73 Å². The van der Waals surface area contributed by atoms with Crippen molar-refractivity contribution in [2.45, 2.75) is 6.43 Å². The van der Waals surface area contributed by atoms with Crippen LogP contribution in [0.15, 0.2) is 10.8 Å². The molecule has 0 radical (unpaired) electrons. The molecule has 0 fully saturated rings. The van der Waals surface area contributed by atoms with Crippen molar-refractivity contribution >= 4 is 44.2 Å².